The molecule has 0 aliphatic carbocycles. The summed E-state index contributed by atoms with van der Waals surface area (Å²) in [7, 11) is 0. The Balaban J connectivity index is 1.94. The number of aromatic nitrogens is 4. The standard InChI is InChI=1S/C22H25N5OS/c1-14-11-17(15(2)26-29(28)22(3,4)5)19-18(12-14)21-25-23-13-27(21)20(24-19)16-9-7-6-8-10-16/h6-13,15,26H,1-5H3/t15-,29?/m1/s1. The summed E-state index contributed by atoms with van der Waals surface area (Å²) < 4.78 is 17.5. The molecule has 7 heteroatoms. The van der Waals surface area contributed by atoms with Gasteiger partial charge in [-0.15, -0.1) is 14.9 Å². The number of fused-ring (bicyclic) bond motifs is 3. The Morgan fingerprint density at radius 3 is 2.55 bits per heavy atom. The Morgan fingerprint density at radius 2 is 1.86 bits per heavy atom. The third-order valence-corrected chi connectivity index (χ3v) is 6.54. The van der Waals surface area contributed by atoms with Crippen LogP contribution in [0.2, 0.25) is 0 Å². The molecule has 0 aliphatic rings. The van der Waals surface area contributed by atoms with Crippen LogP contribution in [0.5, 0.6) is 0 Å². The van der Waals surface area contributed by atoms with Crippen LogP contribution >= 0.6 is 0 Å². The number of benzene rings is 2. The van der Waals surface area contributed by atoms with E-state index in [1.165, 1.54) is 0 Å². The Bertz CT molecular complexity index is 1170. The molecular weight excluding hydrogens is 382 g/mol. The first kappa shape index (κ1) is 19.8. The quantitative estimate of drug-likeness (QED) is 0.508. The molecule has 4 rings (SSSR count). The van der Waals surface area contributed by atoms with Crippen molar-refractivity contribution in [1.82, 2.24) is 24.3 Å². The summed E-state index contributed by atoms with van der Waals surface area (Å²) in [5.41, 5.74) is 4.70. The molecule has 2 atom stereocenters. The number of rotatable bonds is 4. The average molecular weight is 408 g/mol. The third-order valence-electron chi connectivity index (χ3n) is 4.86. The van der Waals surface area contributed by atoms with E-state index in [9.17, 15) is 4.55 Å². The summed E-state index contributed by atoms with van der Waals surface area (Å²) in [6.45, 7) is 9.96. The minimum atomic E-state index is -1.19. The lowest BCUT2D eigenvalue weighted by atomic mass is 10.0. The lowest BCUT2D eigenvalue weighted by Gasteiger charge is -2.27. The summed E-state index contributed by atoms with van der Waals surface area (Å²) in [5.74, 6) is 0.785. The van der Waals surface area contributed by atoms with Crippen LogP contribution in [0.1, 0.15) is 44.9 Å². The molecule has 0 spiro atoms. The highest BCUT2D eigenvalue weighted by Gasteiger charge is 2.29. The molecule has 6 nitrogen and oxygen atoms in total. The molecule has 2 aromatic carbocycles. The first-order valence-electron chi connectivity index (χ1n) is 9.63. The van der Waals surface area contributed by atoms with Gasteiger partial charge in [0.15, 0.2) is 5.65 Å². The lowest BCUT2D eigenvalue weighted by Crippen LogP contribution is -2.40. The van der Waals surface area contributed by atoms with Crippen LogP contribution < -0.4 is 4.72 Å². The zero-order valence-corrected chi connectivity index (χ0v) is 18.1. The largest absolute Gasteiger partial charge is 0.598 e. The topological polar surface area (TPSA) is 78.2 Å². The summed E-state index contributed by atoms with van der Waals surface area (Å²) in [6, 6.07) is 14.1. The fraction of sp³-hybridized carbons (Fsp3) is 0.318. The zero-order valence-electron chi connectivity index (χ0n) is 17.3. The predicted molar refractivity (Wildman–Crippen MR) is 118 cm³/mol. The van der Waals surface area contributed by atoms with Crippen LogP contribution in [-0.2, 0) is 11.4 Å². The van der Waals surface area contributed by atoms with Crippen LogP contribution in [0.25, 0.3) is 27.9 Å². The van der Waals surface area contributed by atoms with Crippen LogP contribution in [-0.4, -0.2) is 28.9 Å². The number of hydrogen-bond acceptors (Lipinski definition) is 5. The van der Waals surface area contributed by atoms with Gasteiger partial charge in [-0.3, -0.25) is 4.40 Å². The van der Waals surface area contributed by atoms with E-state index in [2.05, 4.69) is 27.1 Å². The van der Waals surface area contributed by atoms with Crippen molar-refractivity contribution < 1.29 is 4.55 Å². The highest BCUT2D eigenvalue weighted by atomic mass is 32.2. The van der Waals surface area contributed by atoms with E-state index in [0.29, 0.717) is 0 Å². The van der Waals surface area contributed by atoms with Crippen LogP contribution in [0.3, 0.4) is 0 Å². The van der Waals surface area contributed by atoms with Gasteiger partial charge in [0, 0.05) is 22.3 Å². The summed E-state index contributed by atoms with van der Waals surface area (Å²) in [4.78, 5) is 5.02. The second kappa shape index (κ2) is 7.40. The van der Waals surface area contributed by atoms with Crippen molar-refractivity contribution in [2.75, 3.05) is 0 Å². The lowest BCUT2D eigenvalue weighted by molar-refractivity contribution is 0.531. The molecule has 0 aliphatic heterocycles. The van der Waals surface area contributed by atoms with E-state index in [-0.39, 0.29) is 10.8 Å². The second-order valence-electron chi connectivity index (χ2n) is 8.30. The molecular formula is C22H25N5OS. The highest BCUT2D eigenvalue weighted by Crippen LogP contribution is 2.31. The molecule has 0 amide bonds. The Labute approximate surface area is 173 Å². The van der Waals surface area contributed by atoms with E-state index >= 15 is 0 Å². The normalized spacial score (nSPS) is 14.4. The molecule has 1 unspecified atom stereocenters. The van der Waals surface area contributed by atoms with Gasteiger partial charge in [0.25, 0.3) is 0 Å². The Kier molecular flexibility index (Phi) is 5.06. The van der Waals surface area contributed by atoms with E-state index in [4.69, 9.17) is 4.98 Å². The van der Waals surface area contributed by atoms with Gasteiger partial charge in [-0.2, -0.15) is 0 Å². The van der Waals surface area contributed by atoms with Crippen molar-refractivity contribution in [3.05, 3.63) is 59.9 Å². The maximum absolute atomic E-state index is 12.7. The smallest absolute Gasteiger partial charge is 0.171 e. The molecule has 0 fully saturated rings. The molecule has 2 heterocycles. The van der Waals surface area contributed by atoms with Crippen molar-refractivity contribution >= 4 is 27.9 Å². The maximum atomic E-state index is 12.7. The van der Waals surface area contributed by atoms with E-state index < -0.39 is 11.4 Å². The van der Waals surface area contributed by atoms with E-state index in [1.54, 1.807) is 6.33 Å². The van der Waals surface area contributed by atoms with Gasteiger partial charge in [0.2, 0.25) is 0 Å². The van der Waals surface area contributed by atoms with Gasteiger partial charge in [-0.05, 0) is 51.8 Å². The number of nitrogens with zero attached hydrogens (tertiary/aromatic N) is 4. The van der Waals surface area contributed by atoms with Gasteiger partial charge in [0.1, 0.15) is 16.9 Å². The monoisotopic (exact) mass is 407 g/mol. The SMILES string of the molecule is Cc1cc([C@@H](C)N[S+]([O-])C(C)(C)C)c2nc(-c3ccccc3)n3cnnc3c2c1. The van der Waals surface area contributed by atoms with Crippen molar-refractivity contribution in [1.29, 1.82) is 0 Å². The third kappa shape index (κ3) is 3.73. The van der Waals surface area contributed by atoms with Gasteiger partial charge < -0.3 is 4.55 Å². The van der Waals surface area contributed by atoms with Gasteiger partial charge >= 0.3 is 0 Å². The fourth-order valence-corrected chi connectivity index (χ4v) is 4.16. The minimum absolute atomic E-state index is 0.140. The van der Waals surface area contributed by atoms with Crippen molar-refractivity contribution in [3.63, 3.8) is 0 Å². The Morgan fingerprint density at radius 1 is 1.14 bits per heavy atom. The molecule has 4 aromatic rings. The van der Waals surface area contributed by atoms with E-state index in [1.807, 2.05) is 69.4 Å². The second-order valence-corrected chi connectivity index (χ2v) is 10.3. The van der Waals surface area contributed by atoms with Crippen LogP contribution in [0.15, 0.2) is 48.8 Å². The molecule has 150 valence electrons. The zero-order chi connectivity index (χ0) is 20.8. The van der Waals surface area contributed by atoms with Gasteiger partial charge in [-0.1, -0.05) is 36.4 Å². The molecule has 2 aromatic heterocycles. The molecule has 0 saturated carbocycles. The predicted octanol–water partition coefficient (Wildman–Crippen LogP) is 4.37. The summed E-state index contributed by atoms with van der Waals surface area (Å²) in [5, 5.41) is 9.44. The van der Waals surface area contributed by atoms with Crippen LogP contribution in [0, 0.1) is 6.92 Å². The minimum Gasteiger partial charge on any atom is -0.598 e. The van der Waals surface area contributed by atoms with E-state index in [0.717, 1.165) is 39.1 Å². The summed E-state index contributed by atoms with van der Waals surface area (Å²) in [6.07, 6.45) is 1.70. The molecule has 1 N–H and O–H groups in total. The van der Waals surface area contributed by atoms with Crippen molar-refractivity contribution in [2.24, 2.45) is 0 Å². The molecule has 0 bridgehead atoms. The highest BCUT2D eigenvalue weighted by molar-refractivity contribution is 7.90. The number of aryl methyl sites for hydroxylation is 1. The van der Waals surface area contributed by atoms with Gasteiger partial charge in [-0.25, -0.2) is 4.98 Å². The summed E-state index contributed by atoms with van der Waals surface area (Å²) >= 11 is -1.19. The molecule has 0 saturated heterocycles. The van der Waals surface area contributed by atoms with Crippen molar-refractivity contribution in [2.45, 2.75) is 45.4 Å². The van der Waals surface area contributed by atoms with Crippen LogP contribution in [0.4, 0.5) is 0 Å². The number of nitrogens with one attached hydrogen (secondary N) is 1. The fourth-order valence-electron chi connectivity index (χ4n) is 3.36. The maximum Gasteiger partial charge on any atom is 0.171 e. The average Bonchev–Trinajstić information content (AvgIpc) is 3.17. The first-order valence-corrected chi connectivity index (χ1v) is 10.8. The molecule has 0 radical (unpaired) electrons. The molecule has 29 heavy (non-hydrogen) atoms. The van der Waals surface area contributed by atoms with Crippen molar-refractivity contribution in [3.8, 4) is 11.4 Å². The van der Waals surface area contributed by atoms with Gasteiger partial charge in [0.05, 0.1) is 11.6 Å². The Hall–Kier alpha value is -2.48. The first-order chi connectivity index (χ1) is 13.8. The number of hydrogen-bond donors (Lipinski definition) is 1.